The van der Waals surface area contributed by atoms with Gasteiger partial charge in [0.2, 0.25) is 15.9 Å². The Morgan fingerprint density at radius 1 is 1.09 bits per heavy atom. The molecule has 23 heavy (non-hydrogen) atoms. The highest BCUT2D eigenvalue weighted by molar-refractivity contribution is 7.88. The molecule has 0 N–H and O–H groups in total. The summed E-state index contributed by atoms with van der Waals surface area (Å²) in [5.41, 5.74) is 0.321. The van der Waals surface area contributed by atoms with Gasteiger partial charge in [0, 0.05) is 26.2 Å². The first-order valence-electron chi connectivity index (χ1n) is 7.83. The van der Waals surface area contributed by atoms with E-state index in [1.807, 2.05) is 0 Å². The van der Waals surface area contributed by atoms with Crippen molar-refractivity contribution in [1.29, 1.82) is 0 Å². The van der Waals surface area contributed by atoms with Crippen LogP contribution in [0, 0.1) is 5.82 Å². The maximum Gasteiger partial charge on any atom is 0.233 e. The maximum atomic E-state index is 13.1. The summed E-state index contributed by atoms with van der Waals surface area (Å²) in [4.78, 5) is 14.7. The molecular formula is C16H21FN2O3S. The number of carbonyl (C=O) groups is 1. The summed E-state index contributed by atoms with van der Waals surface area (Å²) in [6.07, 6.45) is 3.37. The molecule has 1 aliphatic carbocycles. The van der Waals surface area contributed by atoms with E-state index in [-0.39, 0.29) is 11.7 Å². The van der Waals surface area contributed by atoms with E-state index in [0.29, 0.717) is 32.6 Å². The maximum absolute atomic E-state index is 13.1. The van der Waals surface area contributed by atoms with Gasteiger partial charge in [-0.3, -0.25) is 4.79 Å². The molecular weight excluding hydrogens is 319 g/mol. The minimum absolute atomic E-state index is 0.0412. The van der Waals surface area contributed by atoms with Gasteiger partial charge in [-0.05, 0) is 37.0 Å². The summed E-state index contributed by atoms with van der Waals surface area (Å²) in [6.45, 7) is 1.76. The first-order chi connectivity index (χ1) is 10.8. The van der Waals surface area contributed by atoms with Crippen LogP contribution in [0.1, 0.15) is 24.8 Å². The Morgan fingerprint density at radius 2 is 1.74 bits per heavy atom. The Kier molecular flexibility index (Phi) is 4.18. The molecule has 0 radical (unpaired) electrons. The van der Waals surface area contributed by atoms with Crippen molar-refractivity contribution in [2.24, 2.45) is 0 Å². The van der Waals surface area contributed by atoms with E-state index in [0.717, 1.165) is 18.4 Å². The predicted octanol–water partition coefficient (Wildman–Crippen LogP) is 1.35. The number of hydrogen-bond donors (Lipinski definition) is 0. The van der Waals surface area contributed by atoms with Crippen molar-refractivity contribution in [3.05, 3.63) is 35.6 Å². The average molecular weight is 340 g/mol. The normalized spacial score (nSPS) is 21.7. The lowest BCUT2D eigenvalue weighted by Crippen LogP contribution is -2.42. The molecule has 0 atom stereocenters. The van der Waals surface area contributed by atoms with Gasteiger partial charge in [0.15, 0.2) is 0 Å². The van der Waals surface area contributed by atoms with E-state index in [2.05, 4.69) is 0 Å². The van der Waals surface area contributed by atoms with Gasteiger partial charge in [-0.2, -0.15) is 0 Å². The van der Waals surface area contributed by atoms with Crippen LogP contribution in [0.25, 0.3) is 0 Å². The lowest BCUT2D eigenvalue weighted by Gasteiger charge is -2.26. The highest BCUT2D eigenvalue weighted by Crippen LogP contribution is 2.49. The van der Waals surface area contributed by atoms with Gasteiger partial charge in [0.25, 0.3) is 0 Å². The zero-order valence-corrected chi connectivity index (χ0v) is 14.0. The highest BCUT2D eigenvalue weighted by atomic mass is 32.2. The molecule has 1 aromatic carbocycles. The van der Waals surface area contributed by atoms with Crippen molar-refractivity contribution in [1.82, 2.24) is 9.21 Å². The molecule has 0 spiro atoms. The van der Waals surface area contributed by atoms with E-state index in [9.17, 15) is 17.6 Å². The summed E-state index contributed by atoms with van der Waals surface area (Å²) >= 11 is 0. The van der Waals surface area contributed by atoms with Gasteiger partial charge in [-0.1, -0.05) is 12.1 Å². The SMILES string of the molecule is CS(=O)(=O)N1CCCN(C(=O)C2(c3ccc(F)cc3)CC2)CC1. The van der Waals surface area contributed by atoms with Crippen LogP contribution in [-0.2, 0) is 20.2 Å². The molecule has 1 saturated heterocycles. The van der Waals surface area contributed by atoms with Gasteiger partial charge >= 0.3 is 0 Å². The topological polar surface area (TPSA) is 57.7 Å². The molecule has 0 bridgehead atoms. The third-order valence-electron chi connectivity index (χ3n) is 4.77. The molecule has 5 nitrogen and oxygen atoms in total. The Balaban J connectivity index is 1.74. The van der Waals surface area contributed by atoms with Crippen LogP contribution in [0.3, 0.4) is 0 Å². The van der Waals surface area contributed by atoms with Crippen LogP contribution >= 0.6 is 0 Å². The van der Waals surface area contributed by atoms with Crippen LogP contribution in [0.2, 0.25) is 0 Å². The molecule has 2 fully saturated rings. The molecule has 1 aromatic rings. The van der Waals surface area contributed by atoms with Crippen LogP contribution in [0.5, 0.6) is 0 Å². The summed E-state index contributed by atoms with van der Waals surface area (Å²) in [6, 6.07) is 6.13. The van der Waals surface area contributed by atoms with Crippen molar-refractivity contribution in [2.45, 2.75) is 24.7 Å². The highest BCUT2D eigenvalue weighted by Gasteiger charge is 2.53. The molecule has 1 heterocycles. The lowest BCUT2D eigenvalue weighted by molar-refractivity contribution is -0.133. The Labute approximate surface area is 136 Å². The predicted molar refractivity (Wildman–Crippen MR) is 84.9 cm³/mol. The molecule has 1 saturated carbocycles. The number of carbonyl (C=O) groups excluding carboxylic acids is 1. The Morgan fingerprint density at radius 3 is 2.30 bits per heavy atom. The van der Waals surface area contributed by atoms with E-state index >= 15 is 0 Å². The molecule has 1 aliphatic heterocycles. The number of hydrogen-bond acceptors (Lipinski definition) is 3. The number of benzene rings is 1. The number of nitrogens with zero attached hydrogens (tertiary/aromatic N) is 2. The average Bonchev–Trinajstić information content (AvgIpc) is 3.31. The Hall–Kier alpha value is -1.47. The van der Waals surface area contributed by atoms with Crippen LogP contribution in [0.4, 0.5) is 4.39 Å². The Bertz CT molecular complexity index is 699. The van der Waals surface area contributed by atoms with Gasteiger partial charge in [-0.15, -0.1) is 0 Å². The molecule has 7 heteroatoms. The minimum Gasteiger partial charge on any atom is -0.341 e. The fraction of sp³-hybridized carbons (Fsp3) is 0.562. The smallest absolute Gasteiger partial charge is 0.233 e. The summed E-state index contributed by atoms with van der Waals surface area (Å²) in [5.74, 6) is -0.268. The number of halogens is 1. The van der Waals surface area contributed by atoms with Crippen molar-refractivity contribution >= 4 is 15.9 Å². The summed E-state index contributed by atoms with van der Waals surface area (Å²) in [5, 5.41) is 0. The fourth-order valence-electron chi connectivity index (χ4n) is 3.25. The molecule has 126 valence electrons. The van der Waals surface area contributed by atoms with E-state index in [1.54, 1.807) is 17.0 Å². The second-order valence-electron chi connectivity index (χ2n) is 6.40. The van der Waals surface area contributed by atoms with Crippen LogP contribution < -0.4 is 0 Å². The number of amides is 1. The third-order valence-corrected chi connectivity index (χ3v) is 6.07. The molecule has 3 rings (SSSR count). The minimum atomic E-state index is -3.22. The largest absolute Gasteiger partial charge is 0.341 e. The van der Waals surface area contributed by atoms with Gasteiger partial charge in [-0.25, -0.2) is 17.1 Å². The molecule has 0 unspecified atom stereocenters. The van der Waals surface area contributed by atoms with E-state index < -0.39 is 15.4 Å². The van der Waals surface area contributed by atoms with Crippen LogP contribution in [0.15, 0.2) is 24.3 Å². The van der Waals surface area contributed by atoms with Gasteiger partial charge < -0.3 is 4.90 Å². The summed E-state index contributed by atoms with van der Waals surface area (Å²) in [7, 11) is -3.22. The number of sulfonamides is 1. The lowest BCUT2D eigenvalue weighted by atomic mass is 9.94. The van der Waals surface area contributed by atoms with Gasteiger partial charge in [0.1, 0.15) is 5.82 Å². The zero-order chi connectivity index (χ0) is 16.7. The van der Waals surface area contributed by atoms with Crippen molar-refractivity contribution in [2.75, 3.05) is 32.4 Å². The summed E-state index contributed by atoms with van der Waals surface area (Å²) < 4.78 is 37.9. The number of rotatable bonds is 3. The van der Waals surface area contributed by atoms with E-state index in [4.69, 9.17) is 0 Å². The van der Waals surface area contributed by atoms with Gasteiger partial charge in [0.05, 0.1) is 11.7 Å². The second kappa shape index (κ2) is 5.87. The zero-order valence-electron chi connectivity index (χ0n) is 13.2. The molecule has 2 aliphatic rings. The quantitative estimate of drug-likeness (QED) is 0.835. The van der Waals surface area contributed by atoms with Crippen LogP contribution in [-0.4, -0.2) is 56.0 Å². The fourth-order valence-corrected chi connectivity index (χ4v) is 4.13. The van der Waals surface area contributed by atoms with Crippen molar-refractivity contribution < 1.29 is 17.6 Å². The molecule has 0 aromatic heterocycles. The van der Waals surface area contributed by atoms with Crippen molar-refractivity contribution in [3.63, 3.8) is 0 Å². The second-order valence-corrected chi connectivity index (χ2v) is 8.38. The first-order valence-corrected chi connectivity index (χ1v) is 9.68. The molecule has 1 amide bonds. The third kappa shape index (κ3) is 3.26. The standard InChI is InChI=1S/C16H21FN2O3S/c1-23(21,22)19-10-2-9-18(11-12-19)15(20)16(7-8-16)13-3-5-14(17)6-4-13/h3-6H,2,7-12H2,1H3. The van der Waals surface area contributed by atoms with Crippen molar-refractivity contribution in [3.8, 4) is 0 Å². The first kappa shape index (κ1) is 16.4. The van der Waals surface area contributed by atoms with E-state index in [1.165, 1.54) is 22.7 Å². The monoisotopic (exact) mass is 340 g/mol.